The van der Waals surface area contributed by atoms with E-state index in [0.29, 0.717) is 16.9 Å². The van der Waals surface area contributed by atoms with Crippen molar-refractivity contribution >= 4 is 28.0 Å². The van der Waals surface area contributed by atoms with Crippen LogP contribution in [0.1, 0.15) is 5.82 Å². The van der Waals surface area contributed by atoms with Gasteiger partial charge in [0.25, 0.3) is 0 Å². The van der Waals surface area contributed by atoms with Crippen LogP contribution in [0.5, 0.6) is 0 Å². The number of fused-ring (bicyclic) bond motifs is 3. The van der Waals surface area contributed by atoms with Gasteiger partial charge in [0.2, 0.25) is 0 Å². The van der Waals surface area contributed by atoms with Crippen LogP contribution in [-0.2, 0) is 0 Å². The van der Waals surface area contributed by atoms with Crippen LogP contribution in [-0.4, -0.2) is 19.8 Å². The number of aryl methyl sites for hydroxylation is 1. The standard InChI is InChI=1S/C10H6ClFN4/c1-5-13-14-10-6-3-2-4-7(12)8(6)9(11)15-16(5)10/h2-4H,1H3. The zero-order chi connectivity index (χ0) is 11.3. The molecule has 1 aromatic carbocycles. The molecular formula is C10H6ClFN4. The van der Waals surface area contributed by atoms with Crippen LogP contribution < -0.4 is 0 Å². The Morgan fingerprint density at radius 1 is 1.31 bits per heavy atom. The Kier molecular flexibility index (Phi) is 1.85. The first-order valence-electron chi connectivity index (χ1n) is 4.64. The number of hydrogen-bond acceptors (Lipinski definition) is 3. The summed E-state index contributed by atoms with van der Waals surface area (Å²) in [5, 5.41) is 12.9. The summed E-state index contributed by atoms with van der Waals surface area (Å²) in [7, 11) is 0. The van der Waals surface area contributed by atoms with Gasteiger partial charge in [-0.25, -0.2) is 4.39 Å². The van der Waals surface area contributed by atoms with Crippen molar-refractivity contribution in [3.05, 3.63) is 35.0 Å². The third-order valence-electron chi connectivity index (χ3n) is 2.45. The molecule has 16 heavy (non-hydrogen) atoms. The molecule has 0 fully saturated rings. The fourth-order valence-corrected chi connectivity index (χ4v) is 1.97. The largest absolute Gasteiger partial charge is 0.206 e. The summed E-state index contributed by atoms with van der Waals surface area (Å²) < 4.78 is 15.1. The molecule has 0 radical (unpaired) electrons. The maximum absolute atomic E-state index is 13.6. The van der Waals surface area contributed by atoms with Gasteiger partial charge in [-0.1, -0.05) is 23.7 Å². The van der Waals surface area contributed by atoms with Crippen LogP contribution in [0.15, 0.2) is 18.2 Å². The molecule has 4 nitrogen and oxygen atoms in total. The second-order valence-electron chi connectivity index (χ2n) is 3.44. The second kappa shape index (κ2) is 3.12. The smallest absolute Gasteiger partial charge is 0.185 e. The molecular weight excluding hydrogens is 231 g/mol. The number of nitrogens with zero attached hydrogens (tertiary/aromatic N) is 4. The first kappa shape index (κ1) is 9.47. The average Bonchev–Trinajstić information content (AvgIpc) is 2.61. The minimum atomic E-state index is -0.404. The van der Waals surface area contributed by atoms with E-state index in [2.05, 4.69) is 15.3 Å². The normalized spacial score (nSPS) is 11.4. The summed E-state index contributed by atoms with van der Waals surface area (Å²) in [4.78, 5) is 0. The van der Waals surface area contributed by atoms with E-state index in [1.54, 1.807) is 19.1 Å². The zero-order valence-corrected chi connectivity index (χ0v) is 9.03. The number of rotatable bonds is 0. The maximum atomic E-state index is 13.6. The van der Waals surface area contributed by atoms with Crippen LogP contribution in [0.25, 0.3) is 16.4 Å². The van der Waals surface area contributed by atoms with Gasteiger partial charge in [0.15, 0.2) is 16.6 Å². The number of hydrogen-bond donors (Lipinski definition) is 0. The monoisotopic (exact) mass is 236 g/mol. The van der Waals surface area contributed by atoms with Gasteiger partial charge in [-0.05, 0) is 13.0 Å². The molecule has 3 rings (SSSR count). The zero-order valence-electron chi connectivity index (χ0n) is 8.28. The van der Waals surface area contributed by atoms with E-state index in [4.69, 9.17) is 11.6 Å². The molecule has 0 atom stereocenters. The maximum Gasteiger partial charge on any atom is 0.185 e. The van der Waals surface area contributed by atoms with Crippen molar-refractivity contribution in [2.24, 2.45) is 0 Å². The lowest BCUT2D eigenvalue weighted by molar-refractivity contribution is 0.639. The molecule has 0 aliphatic carbocycles. The molecule has 2 aromatic heterocycles. The minimum Gasteiger partial charge on any atom is -0.206 e. The van der Waals surface area contributed by atoms with Crippen molar-refractivity contribution in [2.75, 3.05) is 0 Å². The topological polar surface area (TPSA) is 43.1 Å². The predicted molar refractivity (Wildman–Crippen MR) is 58.0 cm³/mol. The molecule has 0 saturated heterocycles. The summed E-state index contributed by atoms with van der Waals surface area (Å²) in [6, 6.07) is 4.70. The highest BCUT2D eigenvalue weighted by Crippen LogP contribution is 2.26. The van der Waals surface area contributed by atoms with Crippen molar-refractivity contribution in [3.63, 3.8) is 0 Å². The van der Waals surface area contributed by atoms with E-state index < -0.39 is 5.82 Å². The van der Waals surface area contributed by atoms with Crippen molar-refractivity contribution in [1.82, 2.24) is 19.8 Å². The molecule has 0 spiro atoms. The lowest BCUT2D eigenvalue weighted by Gasteiger charge is -2.02. The Morgan fingerprint density at radius 3 is 2.94 bits per heavy atom. The van der Waals surface area contributed by atoms with Crippen molar-refractivity contribution in [1.29, 1.82) is 0 Å². The van der Waals surface area contributed by atoms with Gasteiger partial charge >= 0.3 is 0 Å². The van der Waals surface area contributed by atoms with Crippen LogP contribution in [0.3, 0.4) is 0 Å². The van der Waals surface area contributed by atoms with Crippen molar-refractivity contribution in [2.45, 2.75) is 6.92 Å². The predicted octanol–water partition coefficient (Wildman–Crippen LogP) is 2.38. The number of benzene rings is 1. The summed E-state index contributed by atoms with van der Waals surface area (Å²) in [5.74, 6) is 0.209. The lowest BCUT2D eigenvalue weighted by Crippen LogP contribution is -1.97. The molecule has 2 heterocycles. The van der Waals surface area contributed by atoms with Gasteiger partial charge in [0, 0.05) is 5.39 Å². The average molecular weight is 237 g/mol. The second-order valence-corrected chi connectivity index (χ2v) is 3.79. The van der Waals surface area contributed by atoms with Crippen LogP contribution in [0.4, 0.5) is 4.39 Å². The summed E-state index contributed by atoms with van der Waals surface area (Å²) in [6.07, 6.45) is 0. The third kappa shape index (κ3) is 1.12. The molecule has 6 heteroatoms. The molecule has 0 aliphatic heterocycles. The Bertz CT molecular complexity index is 707. The van der Waals surface area contributed by atoms with E-state index >= 15 is 0 Å². The summed E-state index contributed by atoms with van der Waals surface area (Å²) >= 11 is 5.94. The van der Waals surface area contributed by atoms with Crippen molar-refractivity contribution in [3.8, 4) is 0 Å². The molecule has 3 aromatic rings. The number of halogens is 2. The van der Waals surface area contributed by atoms with Gasteiger partial charge in [0.05, 0.1) is 5.39 Å². The van der Waals surface area contributed by atoms with E-state index in [0.717, 1.165) is 0 Å². The fraction of sp³-hybridized carbons (Fsp3) is 0.100. The SMILES string of the molecule is Cc1nnc2c3cccc(F)c3c(Cl)nn12. The molecule has 0 N–H and O–H groups in total. The van der Waals surface area contributed by atoms with Crippen LogP contribution in [0, 0.1) is 12.7 Å². The van der Waals surface area contributed by atoms with Crippen molar-refractivity contribution < 1.29 is 4.39 Å². The van der Waals surface area contributed by atoms with Gasteiger partial charge in [0.1, 0.15) is 5.82 Å². The first-order valence-corrected chi connectivity index (χ1v) is 5.02. The Hall–Kier alpha value is -1.75. The summed E-state index contributed by atoms with van der Waals surface area (Å²) in [6.45, 7) is 1.76. The Morgan fingerprint density at radius 2 is 2.12 bits per heavy atom. The Labute approximate surface area is 94.7 Å². The molecule has 0 amide bonds. The van der Waals surface area contributed by atoms with Gasteiger partial charge in [-0.3, -0.25) is 0 Å². The van der Waals surface area contributed by atoms with E-state index in [1.807, 2.05) is 0 Å². The molecule has 0 aliphatic rings. The molecule has 0 unspecified atom stereocenters. The highest BCUT2D eigenvalue weighted by Gasteiger charge is 2.13. The third-order valence-corrected chi connectivity index (χ3v) is 2.71. The summed E-state index contributed by atoms with van der Waals surface area (Å²) in [5.41, 5.74) is 0.511. The quantitative estimate of drug-likeness (QED) is 0.602. The molecule has 0 bridgehead atoms. The molecule has 0 saturated carbocycles. The first-order chi connectivity index (χ1) is 7.68. The van der Waals surface area contributed by atoms with Gasteiger partial charge in [-0.2, -0.15) is 9.61 Å². The van der Waals surface area contributed by atoms with E-state index in [-0.39, 0.29) is 10.5 Å². The fourth-order valence-electron chi connectivity index (χ4n) is 1.70. The van der Waals surface area contributed by atoms with Gasteiger partial charge < -0.3 is 0 Å². The lowest BCUT2D eigenvalue weighted by atomic mass is 10.2. The molecule has 80 valence electrons. The highest BCUT2D eigenvalue weighted by atomic mass is 35.5. The van der Waals surface area contributed by atoms with Crippen LogP contribution in [0.2, 0.25) is 5.15 Å². The van der Waals surface area contributed by atoms with Gasteiger partial charge in [-0.15, -0.1) is 10.2 Å². The highest BCUT2D eigenvalue weighted by molar-refractivity contribution is 6.34. The number of aromatic nitrogens is 4. The Balaban J connectivity index is 2.66. The van der Waals surface area contributed by atoms with E-state index in [9.17, 15) is 4.39 Å². The van der Waals surface area contributed by atoms with E-state index in [1.165, 1.54) is 10.6 Å². The minimum absolute atomic E-state index is 0.114. The van der Waals surface area contributed by atoms with Crippen LogP contribution >= 0.6 is 11.6 Å².